The van der Waals surface area contributed by atoms with Crippen LogP contribution in [-0.4, -0.2) is 32.5 Å². The molecule has 1 saturated heterocycles. The molecule has 0 spiro atoms. The van der Waals surface area contributed by atoms with Crippen molar-refractivity contribution >= 4 is 67.8 Å². The maximum atomic E-state index is 12.9. The number of carbonyl (C=O) groups excluding carboxylic acids is 1. The number of non-ortho nitro benzene ring substituents is 1. The molecule has 174 valence electrons. The highest BCUT2D eigenvalue weighted by Gasteiger charge is 2.31. The number of hydrogen-bond acceptors (Lipinski definition) is 5. The Morgan fingerprint density at radius 3 is 2.53 bits per heavy atom. The van der Waals surface area contributed by atoms with Crippen molar-refractivity contribution in [2.75, 3.05) is 7.05 Å². The van der Waals surface area contributed by atoms with Crippen molar-refractivity contribution in [3.63, 3.8) is 0 Å². The van der Waals surface area contributed by atoms with Gasteiger partial charge in [0.1, 0.15) is 0 Å². The number of aryl methyl sites for hydroxylation is 2. The number of likely N-dealkylation sites (N-methyl/N-ethyl adjacent to an activating group) is 1. The average molecular weight is 560 g/mol. The van der Waals surface area contributed by atoms with Gasteiger partial charge in [-0.25, -0.2) is 4.99 Å². The lowest BCUT2D eigenvalue weighted by molar-refractivity contribution is -0.384. The number of amidine groups is 1. The predicted octanol–water partition coefficient (Wildman–Crippen LogP) is 6.96. The van der Waals surface area contributed by atoms with Crippen LogP contribution in [0.25, 0.3) is 11.8 Å². The minimum absolute atomic E-state index is 0.0564. The lowest BCUT2D eigenvalue weighted by Gasteiger charge is -2.12. The molecule has 3 aromatic rings. The second-order valence-corrected chi connectivity index (χ2v) is 10.1. The van der Waals surface area contributed by atoms with Crippen molar-refractivity contribution in [1.29, 1.82) is 0 Å². The molecule has 1 aliphatic heterocycles. The molecular weight excluding hydrogens is 540 g/mol. The number of nitro groups is 1. The number of thioether (sulfide) groups is 1. The Morgan fingerprint density at radius 2 is 1.88 bits per heavy atom. The minimum Gasteiger partial charge on any atom is -0.318 e. The van der Waals surface area contributed by atoms with Gasteiger partial charge in [0.15, 0.2) is 5.17 Å². The summed E-state index contributed by atoms with van der Waals surface area (Å²) in [7, 11) is 1.69. The van der Waals surface area contributed by atoms with Gasteiger partial charge >= 0.3 is 0 Å². The van der Waals surface area contributed by atoms with Gasteiger partial charge in [0.2, 0.25) is 0 Å². The molecule has 0 aliphatic carbocycles. The molecule has 10 heteroatoms. The van der Waals surface area contributed by atoms with Gasteiger partial charge in [-0.15, -0.1) is 0 Å². The van der Waals surface area contributed by atoms with Crippen molar-refractivity contribution in [2.24, 2.45) is 4.99 Å². The molecular formula is C24H20BrClN4O3S. The largest absolute Gasteiger partial charge is 0.318 e. The number of amides is 1. The van der Waals surface area contributed by atoms with Gasteiger partial charge in [0.25, 0.3) is 11.6 Å². The van der Waals surface area contributed by atoms with Crippen LogP contribution in [0.1, 0.15) is 22.5 Å². The van der Waals surface area contributed by atoms with Gasteiger partial charge in [0.05, 0.1) is 20.5 Å². The number of halogens is 2. The maximum absolute atomic E-state index is 12.9. The van der Waals surface area contributed by atoms with E-state index in [0.717, 1.165) is 32.7 Å². The third-order valence-corrected chi connectivity index (χ3v) is 7.81. The number of aliphatic imine (C=N–C) groups is 1. The standard InChI is InChI=1S/C24H20BrClN4O3S/c1-13-9-18(30(32)33)6-8-21(13)29-14(2)10-16(15(29)3)11-22-23(31)28(4)24(34-22)27-17-5-7-19(25)20(26)12-17/h5-12H,1-4H3/b22-11-,27-24?. The van der Waals surface area contributed by atoms with E-state index in [1.54, 1.807) is 25.2 Å². The van der Waals surface area contributed by atoms with Crippen molar-refractivity contribution in [3.05, 3.63) is 89.5 Å². The Balaban J connectivity index is 1.69. The lowest BCUT2D eigenvalue weighted by atomic mass is 10.1. The van der Waals surface area contributed by atoms with Crippen LogP contribution in [0.15, 0.2) is 56.8 Å². The summed E-state index contributed by atoms with van der Waals surface area (Å²) in [5, 5.41) is 12.2. The van der Waals surface area contributed by atoms with Gasteiger partial charge in [0, 0.05) is 40.7 Å². The molecule has 2 heterocycles. The summed E-state index contributed by atoms with van der Waals surface area (Å²) in [6.45, 7) is 5.78. The molecule has 1 fully saturated rings. The molecule has 34 heavy (non-hydrogen) atoms. The van der Waals surface area contributed by atoms with Gasteiger partial charge in [-0.3, -0.25) is 19.8 Å². The van der Waals surface area contributed by atoms with E-state index in [-0.39, 0.29) is 11.6 Å². The fourth-order valence-corrected chi connectivity index (χ4v) is 5.17. The van der Waals surface area contributed by atoms with Crippen molar-refractivity contribution in [1.82, 2.24) is 9.47 Å². The van der Waals surface area contributed by atoms with Crippen LogP contribution in [-0.2, 0) is 4.79 Å². The SMILES string of the molecule is Cc1cc([N+](=O)[O-])ccc1-n1c(C)cc(/C=C2\SC(=Nc3ccc(Br)c(Cl)c3)N(C)C2=O)c1C. The zero-order valence-corrected chi connectivity index (χ0v) is 22.0. The van der Waals surface area contributed by atoms with Crippen molar-refractivity contribution in [3.8, 4) is 5.69 Å². The third-order valence-electron chi connectivity index (χ3n) is 5.52. The van der Waals surface area contributed by atoms with Crippen LogP contribution < -0.4 is 0 Å². The summed E-state index contributed by atoms with van der Waals surface area (Å²) >= 11 is 10.8. The number of hydrogen-bond donors (Lipinski definition) is 0. The van der Waals surface area contributed by atoms with Gasteiger partial charge in [-0.1, -0.05) is 11.6 Å². The Kier molecular flexibility index (Phi) is 6.71. The van der Waals surface area contributed by atoms with Gasteiger partial charge in [-0.05, 0) is 96.0 Å². The molecule has 0 atom stereocenters. The number of nitrogens with zero attached hydrogens (tertiary/aromatic N) is 4. The second kappa shape index (κ2) is 9.40. The number of carbonyl (C=O) groups is 1. The highest BCUT2D eigenvalue weighted by atomic mass is 79.9. The number of nitro benzene ring substituents is 1. The summed E-state index contributed by atoms with van der Waals surface area (Å²) < 4.78 is 2.82. The number of rotatable bonds is 4. The van der Waals surface area contributed by atoms with Gasteiger partial charge < -0.3 is 4.57 Å². The van der Waals surface area contributed by atoms with E-state index >= 15 is 0 Å². The molecule has 0 unspecified atom stereocenters. The summed E-state index contributed by atoms with van der Waals surface area (Å²) in [4.78, 5) is 30.3. The zero-order chi connectivity index (χ0) is 24.7. The highest BCUT2D eigenvalue weighted by molar-refractivity contribution is 9.10. The first-order chi connectivity index (χ1) is 16.1. The average Bonchev–Trinajstić information content (AvgIpc) is 3.20. The van der Waals surface area contributed by atoms with Crippen LogP contribution in [0.5, 0.6) is 0 Å². The number of benzene rings is 2. The van der Waals surface area contributed by atoms with Crippen LogP contribution in [0.4, 0.5) is 11.4 Å². The van der Waals surface area contributed by atoms with Gasteiger partial charge in [-0.2, -0.15) is 0 Å². The van der Waals surface area contributed by atoms with Crippen LogP contribution in [0, 0.1) is 30.9 Å². The monoisotopic (exact) mass is 558 g/mol. The summed E-state index contributed by atoms with van der Waals surface area (Å²) in [6, 6.07) is 12.2. The molecule has 0 N–H and O–H groups in total. The quantitative estimate of drug-likeness (QED) is 0.197. The number of aromatic nitrogens is 1. The fraction of sp³-hybridized carbons (Fsp3) is 0.167. The van der Waals surface area contributed by atoms with E-state index in [9.17, 15) is 14.9 Å². The van der Waals surface area contributed by atoms with Crippen molar-refractivity contribution in [2.45, 2.75) is 20.8 Å². The summed E-state index contributed by atoms with van der Waals surface area (Å²) in [6.07, 6.45) is 1.86. The van der Waals surface area contributed by atoms with E-state index in [1.807, 2.05) is 49.6 Å². The smallest absolute Gasteiger partial charge is 0.269 e. The molecule has 1 aromatic heterocycles. The first-order valence-corrected chi connectivity index (χ1v) is 12.2. The molecule has 4 rings (SSSR count). The second-order valence-electron chi connectivity index (χ2n) is 7.86. The molecule has 0 saturated carbocycles. The first-order valence-electron chi connectivity index (χ1n) is 10.2. The molecule has 0 bridgehead atoms. The highest BCUT2D eigenvalue weighted by Crippen LogP contribution is 2.36. The van der Waals surface area contributed by atoms with Crippen LogP contribution >= 0.6 is 39.3 Å². The topological polar surface area (TPSA) is 80.7 Å². The molecule has 1 amide bonds. The molecule has 1 aliphatic rings. The lowest BCUT2D eigenvalue weighted by Crippen LogP contribution is -2.23. The molecule has 2 aromatic carbocycles. The van der Waals surface area contributed by atoms with E-state index in [4.69, 9.17) is 11.6 Å². The molecule has 0 radical (unpaired) electrons. The Hall–Kier alpha value is -2.88. The summed E-state index contributed by atoms with van der Waals surface area (Å²) in [5.74, 6) is -0.136. The van der Waals surface area contributed by atoms with Crippen LogP contribution in [0.3, 0.4) is 0 Å². The summed E-state index contributed by atoms with van der Waals surface area (Å²) in [5.41, 5.74) is 5.16. The minimum atomic E-state index is -0.400. The Bertz CT molecular complexity index is 1410. The Morgan fingerprint density at radius 1 is 1.15 bits per heavy atom. The van der Waals surface area contributed by atoms with E-state index in [0.29, 0.717) is 20.8 Å². The van der Waals surface area contributed by atoms with E-state index in [1.165, 1.54) is 22.7 Å². The fourth-order valence-electron chi connectivity index (χ4n) is 3.77. The predicted molar refractivity (Wildman–Crippen MR) is 141 cm³/mol. The zero-order valence-electron chi connectivity index (χ0n) is 18.8. The maximum Gasteiger partial charge on any atom is 0.269 e. The molecule has 7 nitrogen and oxygen atoms in total. The van der Waals surface area contributed by atoms with E-state index < -0.39 is 4.92 Å². The van der Waals surface area contributed by atoms with Crippen molar-refractivity contribution < 1.29 is 9.72 Å². The third kappa shape index (κ3) is 4.55. The Labute approximate surface area is 214 Å². The van der Waals surface area contributed by atoms with Crippen LogP contribution in [0.2, 0.25) is 5.02 Å². The first kappa shape index (κ1) is 24.3. The van der Waals surface area contributed by atoms with E-state index in [2.05, 4.69) is 20.9 Å². The normalized spacial score (nSPS) is 16.2.